The van der Waals surface area contributed by atoms with Crippen LogP contribution in [0.1, 0.15) is 41.8 Å². The van der Waals surface area contributed by atoms with Crippen LogP contribution in [0.4, 0.5) is 5.95 Å². The van der Waals surface area contributed by atoms with E-state index in [1.54, 1.807) is 12.4 Å². The van der Waals surface area contributed by atoms with Gasteiger partial charge in [-0.1, -0.05) is 36.4 Å². The first kappa shape index (κ1) is 15.9. The molecule has 2 aromatic heterocycles. The molecule has 134 valence electrons. The van der Waals surface area contributed by atoms with Gasteiger partial charge in [-0.3, -0.25) is 9.78 Å². The van der Waals surface area contributed by atoms with Gasteiger partial charge in [-0.2, -0.15) is 10.1 Å². The molecule has 0 radical (unpaired) electrons. The predicted octanol–water partition coefficient (Wildman–Crippen LogP) is 3.40. The van der Waals surface area contributed by atoms with Gasteiger partial charge < -0.3 is 5.32 Å². The SMILES string of the molecule is Cc1nc2n(n1)C(c1cccnc1)C1=C(CC(c3ccccc3)CC1=O)N2. The molecule has 3 heterocycles. The second-order valence-corrected chi connectivity index (χ2v) is 7.07. The van der Waals surface area contributed by atoms with Gasteiger partial charge in [0.05, 0.1) is 0 Å². The maximum absolute atomic E-state index is 13.2. The zero-order valence-electron chi connectivity index (χ0n) is 15.0. The van der Waals surface area contributed by atoms with E-state index >= 15 is 0 Å². The molecule has 0 spiro atoms. The summed E-state index contributed by atoms with van der Waals surface area (Å²) in [4.78, 5) is 22.0. The molecule has 5 rings (SSSR count). The standard InChI is InChI=1S/C21H19N5O/c1-13-23-21-24-17-10-16(14-6-3-2-4-7-14)11-18(27)19(17)20(26(21)25-13)15-8-5-9-22-12-15/h2-9,12,16,20H,10-11H2,1H3,(H,23,24,25). The van der Waals surface area contributed by atoms with Gasteiger partial charge in [0.15, 0.2) is 5.78 Å². The number of anilines is 1. The Bertz CT molecular complexity index is 1040. The minimum Gasteiger partial charge on any atom is -0.328 e. The van der Waals surface area contributed by atoms with E-state index in [-0.39, 0.29) is 17.7 Å². The van der Waals surface area contributed by atoms with Gasteiger partial charge in [-0.15, -0.1) is 0 Å². The van der Waals surface area contributed by atoms with E-state index in [1.807, 2.05) is 41.9 Å². The van der Waals surface area contributed by atoms with Gasteiger partial charge in [0.2, 0.25) is 5.95 Å². The van der Waals surface area contributed by atoms with Gasteiger partial charge in [-0.05, 0) is 36.5 Å². The maximum Gasteiger partial charge on any atom is 0.226 e. The molecule has 27 heavy (non-hydrogen) atoms. The highest BCUT2D eigenvalue weighted by Crippen LogP contribution is 2.43. The highest BCUT2D eigenvalue weighted by Gasteiger charge is 2.39. The topological polar surface area (TPSA) is 72.7 Å². The van der Waals surface area contributed by atoms with Crippen LogP contribution in [0, 0.1) is 6.92 Å². The summed E-state index contributed by atoms with van der Waals surface area (Å²) in [7, 11) is 0. The third-order valence-corrected chi connectivity index (χ3v) is 5.30. The van der Waals surface area contributed by atoms with Crippen LogP contribution in [0.25, 0.3) is 0 Å². The number of aromatic nitrogens is 4. The van der Waals surface area contributed by atoms with E-state index in [1.165, 1.54) is 5.56 Å². The van der Waals surface area contributed by atoms with Gasteiger partial charge in [0.1, 0.15) is 11.9 Å². The van der Waals surface area contributed by atoms with Crippen LogP contribution in [0.5, 0.6) is 0 Å². The van der Waals surface area contributed by atoms with E-state index in [4.69, 9.17) is 0 Å². The molecule has 2 unspecified atom stereocenters. The van der Waals surface area contributed by atoms with Gasteiger partial charge in [0, 0.05) is 30.1 Å². The highest BCUT2D eigenvalue weighted by atomic mass is 16.1. The predicted molar refractivity (Wildman–Crippen MR) is 101 cm³/mol. The fraction of sp³-hybridized carbons (Fsp3) is 0.238. The number of Topliss-reactive ketones (excluding diaryl/α,β-unsaturated/α-hetero) is 1. The molecule has 0 bridgehead atoms. The van der Waals surface area contributed by atoms with Crippen LogP contribution < -0.4 is 5.32 Å². The molecule has 1 aromatic carbocycles. The van der Waals surface area contributed by atoms with Crippen molar-refractivity contribution in [1.82, 2.24) is 19.7 Å². The van der Waals surface area contributed by atoms with Crippen LogP contribution >= 0.6 is 0 Å². The Balaban J connectivity index is 1.62. The Kier molecular flexibility index (Phi) is 3.63. The molecule has 0 fully saturated rings. The van der Waals surface area contributed by atoms with E-state index in [0.29, 0.717) is 18.2 Å². The van der Waals surface area contributed by atoms with Crippen LogP contribution in [-0.2, 0) is 4.79 Å². The summed E-state index contributed by atoms with van der Waals surface area (Å²) in [6.07, 6.45) is 4.83. The fourth-order valence-electron chi connectivity index (χ4n) is 4.13. The third-order valence-electron chi connectivity index (χ3n) is 5.30. The smallest absolute Gasteiger partial charge is 0.226 e. The number of hydrogen-bond donors (Lipinski definition) is 1. The van der Waals surface area contributed by atoms with E-state index < -0.39 is 0 Å². The monoisotopic (exact) mass is 357 g/mol. The lowest BCUT2D eigenvalue weighted by molar-refractivity contribution is -0.116. The molecule has 1 N–H and O–H groups in total. The van der Waals surface area contributed by atoms with Crippen molar-refractivity contribution in [3.8, 4) is 0 Å². The van der Waals surface area contributed by atoms with Crippen molar-refractivity contribution in [2.75, 3.05) is 5.32 Å². The normalized spacial score (nSPS) is 21.4. The third kappa shape index (κ3) is 2.65. The summed E-state index contributed by atoms with van der Waals surface area (Å²) in [6, 6.07) is 13.8. The zero-order valence-corrected chi connectivity index (χ0v) is 15.0. The minimum absolute atomic E-state index is 0.158. The van der Waals surface area contributed by atoms with Crippen LogP contribution in [0.15, 0.2) is 66.1 Å². The molecule has 1 aliphatic carbocycles. The molecule has 3 aromatic rings. The van der Waals surface area contributed by atoms with Crippen molar-refractivity contribution in [2.24, 2.45) is 0 Å². The summed E-state index contributed by atoms with van der Waals surface area (Å²) < 4.78 is 1.81. The molecule has 0 saturated carbocycles. The first-order chi connectivity index (χ1) is 13.2. The molecule has 6 nitrogen and oxygen atoms in total. The summed E-state index contributed by atoms with van der Waals surface area (Å²) >= 11 is 0. The van der Waals surface area contributed by atoms with Crippen molar-refractivity contribution in [2.45, 2.75) is 31.7 Å². The lowest BCUT2D eigenvalue weighted by Gasteiger charge is -2.35. The minimum atomic E-state index is -0.282. The number of carbonyl (C=O) groups is 1. The number of rotatable bonds is 2. The molecule has 6 heteroatoms. The molecule has 2 atom stereocenters. The number of benzene rings is 1. The largest absolute Gasteiger partial charge is 0.328 e. The molecule has 0 saturated heterocycles. The van der Waals surface area contributed by atoms with E-state index in [0.717, 1.165) is 23.3 Å². The Morgan fingerprint density at radius 1 is 1.07 bits per heavy atom. The first-order valence-electron chi connectivity index (χ1n) is 9.12. The van der Waals surface area contributed by atoms with Gasteiger partial charge in [0.25, 0.3) is 0 Å². The van der Waals surface area contributed by atoms with E-state index in [9.17, 15) is 4.79 Å². The van der Waals surface area contributed by atoms with Crippen LogP contribution in [0.2, 0.25) is 0 Å². The Morgan fingerprint density at radius 2 is 1.89 bits per heavy atom. The number of ketones is 1. The lowest BCUT2D eigenvalue weighted by atomic mass is 9.78. The Labute approximate surface area is 157 Å². The van der Waals surface area contributed by atoms with Crippen molar-refractivity contribution in [3.63, 3.8) is 0 Å². The highest BCUT2D eigenvalue weighted by molar-refractivity contribution is 6.00. The number of hydrogen-bond acceptors (Lipinski definition) is 5. The van der Waals surface area contributed by atoms with Crippen LogP contribution in [-0.4, -0.2) is 25.5 Å². The molecular formula is C21H19N5O. The number of allylic oxidation sites excluding steroid dienone is 2. The molecule has 0 amide bonds. The van der Waals surface area contributed by atoms with Crippen molar-refractivity contribution in [1.29, 1.82) is 0 Å². The average Bonchev–Trinajstić information content (AvgIpc) is 3.07. The number of fused-ring (bicyclic) bond motifs is 1. The van der Waals surface area contributed by atoms with Crippen molar-refractivity contribution in [3.05, 3.63) is 83.1 Å². The average molecular weight is 357 g/mol. The summed E-state index contributed by atoms with van der Waals surface area (Å²) in [5.41, 5.74) is 3.88. The van der Waals surface area contributed by atoms with Crippen molar-refractivity contribution < 1.29 is 4.79 Å². The molecule has 2 aliphatic rings. The van der Waals surface area contributed by atoms with Gasteiger partial charge >= 0.3 is 0 Å². The zero-order chi connectivity index (χ0) is 18.4. The number of nitrogens with one attached hydrogen (secondary N) is 1. The second kappa shape index (κ2) is 6.16. The number of carbonyl (C=O) groups excluding carboxylic acids is 1. The fourth-order valence-corrected chi connectivity index (χ4v) is 4.13. The van der Waals surface area contributed by atoms with Gasteiger partial charge in [-0.25, -0.2) is 4.68 Å². The Morgan fingerprint density at radius 3 is 2.67 bits per heavy atom. The summed E-state index contributed by atoms with van der Waals surface area (Å²) in [5.74, 6) is 1.69. The van der Waals surface area contributed by atoms with Crippen molar-refractivity contribution >= 4 is 11.7 Å². The summed E-state index contributed by atoms with van der Waals surface area (Å²) in [6.45, 7) is 1.86. The number of nitrogens with zero attached hydrogens (tertiary/aromatic N) is 4. The van der Waals surface area contributed by atoms with Crippen LogP contribution in [0.3, 0.4) is 0 Å². The summed E-state index contributed by atoms with van der Waals surface area (Å²) in [5, 5.41) is 7.92. The van der Waals surface area contributed by atoms with E-state index in [2.05, 4.69) is 32.5 Å². The lowest BCUT2D eigenvalue weighted by Crippen LogP contribution is -2.33. The first-order valence-corrected chi connectivity index (χ1v) is 9.12. The number of pyridine rings is 1. The molecule has 1 aliphatic heterocycles. The maximum atomic E-state index is 13.2. The Hall–Kier alpha value is -3.28. The second-order valence-electron chi connectivity index (χ2n) is 7.07. The number of aryl methyl sites for hydroxylation is 1. The quantitative estimate of drug-likeness (QED) is 0.761. The molecular weight excluding hydrogens is 338 g/mol.